The van der Waals surface area contributed by atoms with Crippen molar-refractivity contribution in [3.05, 3.63) is 65.6 Å². The number of hydrogen-bond acceptors (Lipinski definition) is 2. The van der Waals surface area contributed by atoms with Gasteiger partial charge in [-0.2, -0.15) is 0 Å². The largest absolute Gasteiger partial charge is 0.320 e. The van der Waals surface area contributed by atoms with E-state index in [2.05, 4.69) is 10.3 Å². The Bertz CT molecular complexity index is 842. The number of rotatable bonds is 2. The number of anilines is 1. The van der Waals surface area contributed by atoms with Gasteiger partial charge in [0.25, 0.3) is 5.91 Å². The number of nitrogens with one attached hydrogen (secondary N) is 1. The highest BCUT2D eigenvalue weighted by molar-refractivity contribution is 6.04. The molecular weight excluding hydrogens is 276 g/mol. The number of halogens is 2. The average molecular weight is 287 g/mol. The Morgan fingerprint density at radius 2 is 2.00 bits per heavy atom. The molecule has 3 rings (SSSR count). The van der Waals surface area contributed by atoms with Crippen LogP contribution in [-0.2, 0) is 0 Å². The van der Waals surface area contributed by atoms with Crippen molar-refractivity contribution in [1.82, 2.24) is 9.38 Å². The fourth-order valence-electron chi connectivity index (χ4n) is 2.09. The lowest BCUT2D eigenvalue weighted by Gasteiger charge is -2.10. The number of amides is 1. The molecular formula is C15H11F2N3O. The van der Waals surface area contributed by atoms with Crippen molar-refractivity contribution in [3.63, 3.8) is 0 Å². The Labute approximate surface area is 119 Å². The lowest BCUT2D eigenvalue weighted by Crippen LogP contribution is -2.14. The first-order chi connectivity index (χ1) is 10.1. The maximum atomic E-state index is 13.2. The summed E-state index contributed by atoms with van der Waals surface area (Å²) in [6.45, 7) is 1.83. The molecule has 0 aliphatic heterocycles. The molecule has 4 nitrogen and oxygen atoms in total. The molecule has 0 aliphatic carbocycles. The van der Waals surface area contributed by atoms with Gasteiger partial charge in [0.2, 0.25) is 0 Å². The number of carbonyl (C=O) groups excluding carboxylic acids is 1. The van der Waals surface area contributed by atoms with Crippen molar-refractivity contribution in [1.29, 1.82) is 0 Å². The van der Waals surface area contributed by atoms with Crippen LogP contribution >= 0.6 is 0 Å². The minimum absolute atomic E-state index is 0.0547. The fourth-order valence-corrected chi connectivity index (χ4v) is 2.09. The first-order valence-electron chi connectivity index (χ1n) is 6.25. The summed E-state index contributed by atoms with van der Waals surface area (Å²) in [5, 5.41) is 2.68. The number of imidazole rings is 1. The van der Waals surface area contributed by atoms with Crippen molar-refractivity contribution >= 4 is 17.2 Å². The second kappa shape index (κ2) is 4.97. The van der Waals surface area contributed by atoms with Gasteiger partial charge in [0.05, 0.1) is 5.69 Å². The molecule has 21 heavy (non-hydrogen) atoms. The summed E-state index contributed by atoms with van der Waals surface area (Å²) in [5.74, 6) is -2.54. The first kappa shape index (κ1) is 13.2. The van der Waals surface area contributed by atoms with E-state index >= 15 is 0 Å². The van der Waals surface area contributed by atoms with E-state index < -0.39 is 17.5 Å². The molecule has 3 aromatic rings. The van der Waals surface area contributed by atoms with E-state index in [1.54, 1.807) is 24.5 Å². The van der Waals surface area contributed by atoms with E-state index in [1.807, 2.05) is 11.3 Å². The molecule has 0 radical (unpaired) electrons. The Kier molecular flexibility index (Phi) is 3.13. The van der Waals surface area contributed by atoms with Crippen molar-refractivity contribution in [2.45, 2.75) is 6.92 Å². The van der Waals surface area contributed by atoms with Crippen molar-refractivity contribution < 1.29 is 13.6 Å². The third-order valence-electron chi connectivity index (χ3n) is 3.25. The summed E-state index contributed by atoms with van der Waals surface area (Å²) >= 11 is 0. The van der Waals surface area contributed by atoms with Gasteiger partial charge in [-0.25, -0.2) is 13.8 Å². The van der Waals surface area contributed by atoms with Crippen LogP contribution in [0.25, 0.3) is 5.65 Å². The van der Waals surface area contributed by atoms with Crippen molar-refractivity contribution in [3.8, 4) is 0 Å². The number of benzene rings is 1. The molecule has 0 fully saturated rings. The van der Waals surface area contributed by atoms with Crippen molar-refractivity contribution in [2.24, 2.45) is 0 Å². The standard InChI is InChI=1S/C15H11F2N3O/c1-9-13(4-5-14-18-6-7-20(9)14)19-15(21)10-2-3-11(16)12(17)8-10/h2-8H,1H3,(H,19,21). The van der Waals surface area contributed by atoms with Crippen LogP contribution in [0.3, 0.4) is 0 Å². The third-order valence-corrected chi connectivity index (χ3v) is 3.25. The number of fused-ring (bicyclic) bond motifs is 1. The van der Waals surface area contributed by atoms with Crippen LogP contribution in [0.15, 0.2) is 42.7 Å². The summed E-state index contributed by atoms with van der Waals surface area (Å²) in [6, 6.07) is 6.51. The third kappa shape index (κ3) is 2.35. The number of aryl methyl sites for hydroxylation is 1. The first-order valence-corrected chi connectivity index (χ1v) is 6.25. The predicted octanol–water partition coefficient (Wildman–Crippen LogP) is 3.17. The number of pyridine rings is 1. The highest BCUT2D eigenvalue weighted by Gasteiger charge is 2.12. The molecule has 2 aromatic heterocycles. The molecule has 2 heterocycles. The second-order valence-electron chi connectivity index (χ2n) is 4.57. The number of aromatic nitrogens is 2. The van der Waals surface area contributed by atoms with Crippen molar-refractivity contribution in [2.75, 3.05) is 5.32 Å². The Morgan fingerprint density at radius 3 is 2.76 bits per heavy atom. The molecule has 0 unspecified atom stereocenters. The topological polar surface area (TPSA) is 46.4 Å². The number of carbonyl (C=O) groups is 1. The average Bonchev–Trinajstić information content (AvgIpc) is 2.94. The van der Waals surface area contributed by atoms with Gasteiger partial charge in [0.1, 0.15) is 5.65 Å². The lowest BCUT2D eigenvalue weighted by molar-refractivity contribution is 0.102. The maximum absolute atomic E-state index is 13.2. The molecule has 0 bridgehead atoms. The van der Waals surface area contributed by atoms with E-state index in [9.17, 15) is 13.6 Å². The molecule has 0 spiro atoms. The highest BCUT2D eigenvalue weighted by atomic mass is 19.2. The zero-order chi connectivity index (χ0) is 15.0. The van der Waals surface area contributed by atoms with E-state index in [0.29, 0.717) is 5.69 Å². The Hall–Kier alpha value is -2.76. The molecule has 6 heteroatoms. The van der Waals surface area contributed by atoms with E-state index in [-0.39, 0.29) is 5.56 Å². The second-order valence-corrected chi connectivity index (χ2v) is 4.57. The molecule has 0 aliphatic rings. The van der Waals surface area contributed by atoms with Crippen LogP contribution < -0.4 is 5.32 Å². The molecule has 106 valence electrons. The van der Waals surface area contributed by atoms with E-state index in [4.69, 9.17) is 0 Å². The predicted molar refractivity (Wildman–Crippen MR) is 74.2 cm³/mol. The normalized spacial score (nSPS) is 10.8. The highest BCUT2D eigenvalue weighted by Crippen LogP contribution is 2.18. The smallest absolute Gasteiger partial charge is 0.255 e. The molecule has 1 N–H and O–H groups in total. The van der Waals surface area contributed by atoms with Crippen LogP contribution in [0.2, 0.25) is 0 Å². The quantitative estimate of drug-likeness (QED) is 0.787. The van der Waals surface area contributed by atoms with Gasteiger partial charge in [0.15, 0.2) is 11.6 Å². The summed E-state index contributed by atoms with van der Waals surface area (Å²) in [4.78, 5) is 16.2. The monoisotopic (exact) mass is 287 g/mol. The zero-order valence-corrected chi connectivity index (χ0v) is 11.1. The molecule has 0 atom stereocenters. The van der Waals surface area contributed by atoms with Gasteiger partial charge in [0, 0.05) is 23.7 Å². The summed E-state index contributed by atoms with van der Waals surface area (Å²) in [6.07, 6.45) is 3.43. The molecule has 1 aromatic carbocycles. The minimum Gasteiger partial charge on any atom is -0.320 e. The van der Waals surface area contributed by atoms with Crippen LogP contribution in [0.4, 0.5) is 14.5 Å². The number of hydrogen-bond donors (Lipinski definition) is 1. The fraction of sp³-hybridized carbons (Fsp3) is 0.0667. The molecule has 0 saturated carbocycles. The Balaban J connectivity index is 1.92. The lowest BCUT2D eigenvalue weighted by atomic mass is 10.2. The summed E-state index contributed by atoms with van der Waals surface area (Å²) in [5.41, 5.74) is 2.19. The van der Waals surface area contributed by atoms with Crippen LogP contribution in [-0.4, -0.2) is 15.3 Å². The molecule has 0 saturated heterocycles. The van der Waals surface area contributed by atoms with Gasteiger partial charge in [-0.3, -0.25) is 4.79 Å². The summed E-state index contributed by atoms with van der Waals surface area (Å²) < 4.78 is 27.9. The van der Waals surface area contributed by atoms with Crippen LogP contribution in [0.5, 0.6) is 0 Å². The molecule has 1 amide bonds. The van der Waals surface area contributed by atoms with Crippen LogP contribution in [0, 0.1) is 18.6 Å². The van der Waals surface area contributed by atoms with E-state index in [1.165, 1.54) is 6.07 Å². The van der Waals surface area contributed by atoms with Crippen LogP contribution in [0.1, 0.15) is 16.1 Å². The maximum Gasteiger partial charge on any atom is 0.255 e. The zero-order valence-electron chi connectivity index (χ0n) is 11.1. The minimum atomic E-state index is -1.05. The van der Waals surface area contributed by atoms with Gasteiger partial charge in [-0.15, -0.1) is 0 Å². The van der Waals surface area contributed by atoms with Gasteiger partial charge in [-0.1, -0.05) is 0 Å². The van der Waals surface area contributed by atoms with E-state index in [0.717, 1.165) is 23.5 Å². The SMILES string of the molecule is Cc1c(NC(=O)c2ccc(F)c(F)c2)ccc2nccn12. The Morgan fingerprint density at radius 1 is 1.19 bits per heavy atom. The number of nitrogens with zero attached hydrogens (tertiary/aromatic N) is 2. The van der Waals surface area contributed by atoms with Gasteiger partial charge < -0.3 is 9.72 Å². The summed E-state index contributed by atoms with van der Waals surface area (Å²) in [7, 11) is 0. The van der Waals surface area contributed by atoms with Gasteiger partial charge in [-0.05, 0) is 37.3 Å². The van der Waals surface area contributed by atoms with Gasteiger partial charge >= 0.3 is 0 Å².